The van der Waals surface area contributed by atoms with Gasteiger partial charge < -0.3 is 14.3 Å². The van der Waals surface area contributed by atoms with Gasteiger partial charge in [0.15, 0.2) is 0 Å². The predicted octanol–water partition coefficient (Wildman–Crippen LogP) is 3.80. The number of rotatable bonds is 3. The number of H-pyrrole nitrogens is 1. The summed E-state index contributed by atoms with van der Waals surface area (Å²) in [5.41, 5.74) is 3.15. The number of carbonyl (C=O) groups excluding carboxylic acids is 1. The van der Waals surface area contributed by atoms with Crippen LogP contribution in [0.5, 0.6) is 0 Å². The van der Waals surface area contributed by atoms with E-state index < -0.39 is 6.04 Å². The van der Waals surface area contributed by atoms with Crippen molar-refractivity contribution in [2.24, 2.45) is 0 Å². The lowest BCUT2D eigenvalue weighted by atomic mass is 9.97. The summed E-state index contributed by atoms with van der Waals surface area (Å²) in [4.78, 5) is 36.2. The van der Waals surface area contributed by atoms with Gasteiger partial charge in [-0.3, -0.25) is 14.8 Å². The first-order valence-electron chi connectivity index (χ1n) is 10.3. The minimum atomic E-state index is -0.425. The molecule has 1 N–H and O–H groups in total. The summed E-state index contributed by atoms with van der Waals surface area (Å²) in [5.74, 6) is 0.218. The predicted molar refractivity (Wildman–Crippen MR) is 117 cm³/mol. The molecular weight excluding hydrogens is 404 g/mol. The monoisotopic (exact) mass is 422 g/mol. The van der Waals surface area contributed by atoms with Gasteiger partial charge in [0.05, 0.1) is 23.9 Å². The van der Waals surface area contributed by atoms with E-state index in [1.807, 2.05) is 48.7 Å². The zero-order valence-corrected chi connectivity index (χ0v) is 17.0. The van der Waals surface area contributed by atoms with Crippen LogP contribution in [0.4, 0.5) is 0 Å². The SMILES string of the molecule is O=C(c1cnc(-c2ccccn2)o1)N1CCc2[nH]cnc2[C@H]1c1cc2ccccc2cn1. The lowest BCUT2D eigenvalue weighted by Gasteiger charge is -2.34. The molecule has 1 aliphatic heterocycles. The first kappa shape index (κ1) is 18.4. The van der Waals surface area contributed by atoms with Gasteiger partial charge in [-0.1, -0.05) is 30.3 Å². The Morgan fingerprint density at radius 1 is 1.00 bits per heavy atom. The summed E-state index contributed by atoms with van der Waals surface area (Å²) in [7, 11) is 0. The van der Waals surface area contributed by atoms with E-state index in [0.717, 1.165) is 27.9 Å². The minimum Gasteiger partial charge on any atom is -0.429 e. The molecule has 5 heterocycles. The average Bonchev–Trinajstić information content (AvgIpc) is 3.53. The van der Waals surface area contributed by atoms with Gasteiger partial charge in [-0.15, -0.1) is 0 Å². The summed E-state index contributed by atoms with van der Waals surface area (Å²) < 4.78 is 5.80. The summed E-state index contributed by atoms with van der Waals surface area (Å²) in [6.45, 7) is 0.507. The number of oxazole rings is 1. The van der Waals surface area contributed by atoms with Gasteiger partial charge in [0.2, 0.25) is 11.7 Å². The van der Waals surface area contributed by atoms with Crippen molar-refractivity contribution in [1.82, 2.24) is 29.8 Å². The number of amides is 1. The molecule has 1 amide bonds. The molecule has 156 valence electrons. The molecule has 8 nitrogen and oxygen atoms in total. The third-order valence-electron chi connectivity index (χ3n) is 5.72. The Balaban J connectivity index is 1.40. The van der Waals surface area contributed by atoms with Crippen LogP contribution < -0.4 is 0 Å². The molecule has 8 heteroatoms. The molecule has 4 aromatic heterocycles. The van der Waals surface area contributed by atoms with E-state index in [4.69, 9.17) is 4.42 Å². The van der Waals surface area contributed by atoms with Crippen molar-refractivity contribution in [3.8, 4) is 11.6 Å². The van der Waals surface area contributed by atoms with Crippen molar-refractivity contribution in [1.29, 1.82) is 0 Å². The van der Waals surface area contributed by atoms with Crippen LogP contribution in [0.2, 0.25) is 0 Å². The van der Waals surface area contributed by atoms with Gasteiger partial charge in [0.1, 0.15) is 11.7 Å². The quantitative estimate of drug-likeness (QED) is 0.475. The molecule has 0 saturated carbocycles. The summed E-state index contributed by atoms with van der Waals surface area (Å²) in [6, 6.07) is 15.1. The Labute approximate surface area is 183 Å². The van der Waals surface area contributed by atoms with E-state index in [2.05, 4.69) is 24.9 Å². The van der Waals surface area contributed by atoms with Crippen molar-refractivity contribution in [3.63, 3.8) is 0 Å². The second-order valence-electron chi connectivity index (χ2n) is 7.62. The number of nitrogens with zero attached hydrogens (tertiary/aromatic N) is 5. The highest BCUT2D eigenvalue weighted by Gasteiger charge is 2.36. The summed E-state index contributed by atoms with van der Waals surface area (Å²) in [6.07, 6.45) is 7.29. The van der Waals surface area contributed by atoms with Crippen LogP contribution in [0.15, 0.2) is 77.9 Å². The second kappa shape index (κ2) is 7.42. The molecular formula is C24H18N6O2. The molecule has 0 unspecified atom stereocenters. The number of aromatic nitrogens is 5. The molecule has 1 atom stereocenters. The first-order valence-corrected chi connectivity index (χ1v) is 10.3. The molecule has 0 bridgehead atoms. The van der Waals surface area contributed by atoms with Crippen molar-refractivity contribution in [3.05, 3.63) is 96.3 Å². The van der Waals surface area contributed by atoms with Crippen molar-refractivity contribution < 1.29 is 9.21 Å². The average molecular weight is 422 g/mol. The number of imidazole rings is 1. The maximum atomic E-state index is 13.5. The van der Waals surface area contributed by atoms with Crippen LogP contribution in [0.3, 0.4) is 0 Å². The Kier molecular flexibility index (Phi) is 4.28. The van der Waals surface area contributed by atoms with Crippen molar-refractivity contribution >= 4 is 16.7 Å². The smallest absolute Gasteiger partial charge is 0.292 e. The first-order chi connectivity index (χ1) is 15.8. The number of nitrogens with one attached hydrogen (secondary N) is 1. The van der Waals surface area contributed by atoms with Gasteiger partial charge in [0, 0.05) is 36.4 Å². The zero-order valence-electron chi connectivity index (χ0n) is 17.0. The van der Waals surface area contributed by atoms with Crippen LogP contribution >= 0.6 is 0 Å². The molecule has 6 rings (SSSR count). The van der Waals surface area contributed by atoms with E-state index in [0.29, 0.717) is 24.6 Å². The number of hydrogen-bond donors (Lipinski definition) is 1. The van der Waals surface area contributed by atoms with Gasteiger partial charge in [0.25, 0.3) is 5.91 Å². The molecule has 0 fully saturated rings. The lowest BCUT2D eigenvalue weighted by Crippen LogP contribution is -2.41. The Bertz CT molecular complexity index is 1420. The van der Waals surface area contributed by atoms with Crippen LogP contribution in [-0.4, -0.2) is 42.3 Å². The van der Waals surface area contributed by atoms with Crippen LogP contribution in [0.25, 0.3) is 22.4 Å². The van der Waals surface area contributed by atoms with E-state index in [1.165, 1.54) is 6.20 Å². The van der Waals surface area contributed by atoms with Crippen LogP contribution in [0, 0.1) is 0 Å². The fraction of sp³-hybridized carbons (Fsp3) is 0.125. The maximum Gasteiger partial charge on any atom is 0.292 e. The number of pyridine rings is 2. The highest BCUT2D eigenvalue weighted by molar-refractivity contribution is 5.92. The van der Waals surface area contributed by atoms with Gasteiger partial charge in [-0.2, -0.15) is 0 Å². The van der Waals surface area contributed by atoms with E-state index >= 15 is 0 Å². The van der Waals surface area contributed by atoms with E-state index in [9.17, 15) is 4.79 Å². The molecule has 32 heavy (non-hydrogen) atoms. The number of fused-ring (bicyclic) bond motifs is 2. The number of carbonyl (C=O) groups is 1. The van der Waals surface area contributed by atoms with E-state index in [1.54, 1.807) is 23.5 Å². The van der Waals surface area contributed by atoms with E-state index in [-0.39, 0.29) is 11.7 Å². The van der Waals surface area contributed by atoms with Crippen LogP contribution in [-0.2, 0) is 6.42 Å². The lowest BCUT2D eigenvalue weighted by molar-refractivity contribution is 0.0655. The van der Waals surface area contributed by atoms with Gasteiger partial charge >= 0.3 is 0 Å². The normalized spacial score (nSPS) is 15.6. The van der Waals surface area contributed by atoms with Crippen molar-refractivity contribution in [2.45, 2.75) is 12.5 Å². The molecule has 1 aliphatic rings. The third-order valence-corrected chi connectivity index (χ3v) is 5.72. The Hall–Kier alpha value is -4.33. The fourth-order valence-corrected chi connectivity index (χ4v) is 4.17. The molecule has 0 aliphatic carbocycles. The molecule has 0 spiro atoms. The molecule has 0 radical (unpaired) electrons. The highest BCUT2D eigenvalue weighted by atomic mass is 16.4. The zero-order chi connectivity index (χ0) is 21.5. The fourth-order valence-electron chi connectivity index (χ4n) is 4.17. The topological polar surface area (TPSA) is 101 Å². The standard InChI is InChI=1S/C24H18N6O2/c31-24(20-13-27-23(32-20)18-7-3-4-9-25-18)30-10-8-17-21(29-14-28-17)22(30)19-11-15-5-1-2-6-16(15)12-26-19/h1-7,9,11-14,22H,8,10H2,(H,28,29)/t22-/m1/s1. The Morgan fingerprint density at radius 2 is 1.88 bits per heavy atom. The Morgan fingerprint density at radius 3 is 2.75 bits per heavy atom. The molecule has 1 aromatic carbocycles. The second-order valence-corrected chi connectivity index (χ2v) is 7.62. The number of aromatic amines is 1. The van der Waals surface area contributed by atoms with Crippen LogP contribution in [0.1, 0.15) is 33.7 Å². The molecule has 0 saturated heterocycles. The largest absolute Gasteiger partial charge is 0.429 e. The van der Waals surface area contributed by atoms with Crippen molar-refractivity contribution in [2.75, 3.05) is 6.54 Å². The molecule has 5 aromatic rings. The number of benzene rings is 1. The summed E-state index contributed by atoms with van der Waals surface area (Å²) in [5, 5.41) is 2.10. The third kappa shape index (κ3) is 3.04. The van der Waals surface area contributed by atoms with Gasteiger partial charge in [-0.25, -0.2) is 9.97 Å². The number of hydrogen-bond acceptors (Lipinski definition) is 6. The summed E-state index contributed by atoms with van der Waals surface area (Å²) >= 11 is 0. The van der Waals surface area contributed by atoms with Gasteiger partial charge in [-0.05, 0) is 23.6 Å². The highest BCUT2D eigenvalue weighted by Crippen LogP contribution is 2.34. The minimum absolute atomic E-state index is 0.162. The maximum absolute atomic E-state index is 13.5.